The molecule has 0 saturated carbocycles. The summed E-state index contributed by atoms with van der Waals surface area (Å²) in [4.78, 5) is 5.20. The van der Waals surface area contributed by atoms with Crippen molar-refractivity contribution in [2.45, 2.75) is 45.4 Å². The fraction of sp³-hybridized carbons (Fsp3) is 0.700. The van der Waals surface area contributed by atoms with Crippen LogP contribution in [0.2, 0.25) is 0 Å². The maximum absolute atomic E-state index is 2.73. The second-order valence-corrected chi connectivity index (χ2v) is 6.76. The summed E-state index contributed by atoms with van der Waals surface area (Å²) >= 11 is 0. The maximum atomic E-state index is 2.73. The molecule has 0 aliphatic carbocycles. The van der Waals surface area contributed by atoms with E-state index in [9.17, 15) is 0 Å². The quantitative estimate of drug-likeness (QED) is 0.824. The normalized spacial score (nSPS) is 24.6. The number of likely N-dealkylation sites (tertiary alicyclic amines) is 2. The second kappa shape index (κ2) is 9.32. The zero-order valence-corrected chi connectivity index (χ0v) is 14.8. The van der Waals surface area contributed by atoms with Gasteiger partial charge in [-0.05, 0) is 69.8 Å². The predicted octanol–water partition coefficient (Wildman–Crippen LogP) is 4.23. The molecule has 2 saturated heterocycles. The first kappa shape index (κ1) is 17.5. The molecule has 1 atom stereocenters. The highest BCUT2D eigenvalue weighted by Crippen LogP contribution is 2.28. The highest BCUT2D eigenvalue weighted by molar-refractivity contribution is 5.20. The molecular formula is C20H34N2. The monoisotopic (exact) mass is 302 g/mol. The fourth-order valence-electron chi connectivity index (χ4n) is 3.83. The highest BCUT2D eigenvalue weighted by Gasteiger charge is 2.24. The summed E-state index contributed by atoms with van der Waals surface area (Å²) in [6.07, 6.45) is 5.52. The van der Waals surface area contributed by atoms with Crippen LogP contribution in [0.4, 0.5) is 0 Å². The first-order valence-electron chi connectivity index (χ1n) is 9.27. The van der Waals surface area contributed by atoms with Gasteiger partial charge in [-0.2, -0.15) is 0 Å². The zero-order chi connectivity index (χ0) is 15.8. The molecule has 0 aromatic heterocycles. The van der Waals surface area contributed by atoms with Gasteiger partial charge in [0, 0.05) is 13.1 Å². The highest BCUT2D eigenvalue weighted by atomic mass is 15.1. The van der Waals surface area contributed by atoms with Crippen LogP contribution in [0.3, 0.4) is 0 Å². The van der Waals surface area contributed by atoms with Crippen molar-refractivity contribution in [1.29, 1.82) is 0 Å². The molecule has 2 aliphatic rings. The third kappa shape index (κ3) is 5.10. The van der Waals surface area contributed by atoms with Crippen LogP contribution in [0, 0.1) is 5.92 Å². The molecule has 124 valence electrons. The molecule has 0 radical (unpaired) electrons. The lowest BCUT2D eigenvalue weighted by Gasteiger charge is -2.37. The van der Waals surface area contributed by atoms with Crippen LogP contribution in [0.1, 0.15) is 51.0 Å². The van der Waals surface area contributed by atoms with Gasteiger partial charge in [0.2, 0.25) is 0 Å². The summed E-state index contributed by atoms with van der Waals surface area (Å²) < 4.78 is 0. The van der Waals surface area contributed by atoms with Crippen LogP contribution in [-0.2, 0) is 0 Å². The Morgan fingerprint density at radius 3 is 2.32 bits per heavy atom. The van der Waals surface area contributed by atoms with Crippen LogP contribution in [0.5, 0.6) is 0 Å². The number of hydrogen-bond acceptors (Lipinski definition) is 2. The van der Waals surface area contributed by atoms with Crippen LogP contribution in [0.15, 0.2) is 30.3 Å². The molecule has 0 bridgehead atoms. The molecule has 2 heteroatoms. The van der Waals surface area contributed by atoms with Crippen LogP contribution in [-0.4, -0.2) is 49.6 Å². The third-order valence-corrected chi connectivity index (χ3v) is 5.13. The summed E-state index contributed by atoms with van der Waals surface area (Å²) in [5.41, 5.74) is 1.54. The molecule has 2 aliphatic heterocycles. The van der Waals surface area contributed by atoms with Crippen molar-refractivity contribution in [1.82, 2.24) is 9.80 Å². The van der Waals surface area contributed by atoms with Gasteiger partial charge in [-0.25, -0.2) is 0 Å². The van der Waals surface area contributed by atoms with Gasteiger partial charge in [-0.3, -0.25) is 0 Å². The average Bonchev–Trinajstić information content (AvgIpc) is 2.60. The lowest BCUT2D eigenvalue weighted by Crippen LogP contribution is -2.41. The summed E-state index contributed by atoms with van der Waals surface area (Å²) in [7, 11) is 2.25. The smallest absolute Gasteiger partial charge is 0.00504 e. The van der Waals surface area contributed by atoms with Crippen molar-refractivity contribution in [2.24, 2.45) is 5.92 Å². The molecular weight excluding hydrogens is 268 g/mol. The van der Waals surface area contributed by atoms with E-state index in [2.05, 4.69) is 47.2 Å². The van der Waals surface area contributed by atoms with E-state index in [-0.39, 0.29) is 0 Å². The van der Waals surface area contributed by atoms with Crippen molar-refractivity contribution in [3.05, 3.63) is 35.9 Å². The minimum Gasteiger partial charge on any atom is -0.306 e. The van der Waals surface area contributed by atoms with Crippen LogP contribution >= 0.6 is 0 Å². The average molecular weight is 303 g/mol. The zero-order valence-electron chi connectivity index (χ0n) is 14.8. The Morgan fingerprint density at radius 2 is 1.64 bits per heavy atom. The first-order chi connectivity index (χ1) is 10.8. The van der Waals surface area contributed by atoms with Crippen LogP contribution < -0.4 is 0 Å². The topological polar surface area (TPSA) is 6.48 Å². The van der Waals surface area contributed by atoms with Crippen molar-refractivity contribution in [2.75, 3.05) is 39.8 Å². The van der Waals surface area contributed by atoms with E-state index in [1.54, 1.807) is 5.56 Å². The number of nitrogens with zero attached hydrogens (tertiary/aromatic N) is 2. The van der Waals surface area contributed by atoms with Gasteiger partial charge in [0.1, 0.15) is 0 Å². The lowest BCUT2D eigenvalue weighted by molar-refractivity contribution is 0.136. The fourth-order valence-corrected chi connectivity index (χ4v) is 3.83. The van der Waals surface area contributed by atoms with Crippen LogP contribution in [0.25, 0.3) is 0 Å². The van der Waals surface area contributed by atoms with Gasteiger partial charge >= 0.3 is 0 Å². The Kier molecular flexibility index (Phi) is 7.41. The summed E-state index contributed by atoms with van der Waals surface area (Å²) in [6, 6.07) is 11.1. The van der Waals surface area contributed by atoms with Gasteiger partial charge < -0.3 is 9.80 Å². The predicted molar refractivity (Wildman–Crippen MR) is 96.4 cm³/mol. The molecule has 3 rings (SSSR count). The Hall–Kier alpha value is -0.860. The van der Waals surface area contributed by atoms with E-state index < -0.39 is 0 Å². The maximum Gasteiger partial charge on any atom is 0.00504 e. The first-order valence-corrected chi connectivity index (χ1v) is 9.27. The molecule has 0 N–H and O–H groups in total. The number of rotatable bonds is 3. The lowest BCUT2D eigenvalue weighted by atomic mass is 9.89. The summed E-state index contributed by atoms with van der Waals surface area (Å²) in [6.45, 7) is 10.5. The molecule has 2 heterocycles. The van der Waals surface area contributed by atoms with Gasteiger partial charge in [-0.15, -0.1) is 0 Å². The van der Waals surface area contributed by atoms with E-state index in [1.807, 2.05) is 13.8 Å². The van der Waals surface area contributed by atoms with E-state index in [0.29, 0.717) is 0 Å². The minimum absolute atomic E-state index is 0.760. The molecule has 0 spiro atoms. The number of hydrogen-bond donors (Lipinski definition) is 0. The largest absolute Gasteiger partial charge is 0.306 e. The standard InChI is InChI=1S/C18H28N2.C2H6/c1-19-12-9-16(10-13-19)14-20-11-5-8-18(15-20)17-6-3-2-4-7-17;1-2/h2-4,6-7,16,18H,5,8-15H2,1H3;1-2H3. The number of piperidine rings is 2. The van der Waals surface area contributed by atoms with Gasteiger partial charge in [0.05, 0.1) is 0 Å². The van der Waals surface area contributed by atoms with Crippen molar-refractivity contribution < 1.29 is 0 Å². The molecule has 1 aromatic carbocycles. The van der Waals surface area contributed by atoms with E-state index in [4.69, 9.17) is 0 Å². The number of benzene rings is 1. The van der Waals surface area contributed by atoms with Crippen molar-refractivity contribution in [3.8, 4) is 0 Å². The molecule has 0 amide bonds. The van der Waals surface area contributed by atoms with Crippen molar-refractivity contribution in [3.63, 3.8) is 0 Å². The molecule has 1 unspecified atom stereocenters. The second-order valence-electron chi connectivity index (χ2n) is 6.76. The Morgan fingerprint density at radius 1 is 0.955 bits per heavy atom. The van der Waals surface area contributed by atoms with Gasteiger partial charge in [0.25, 0.3) is 0 Å². The van der Waals surface area contributed by atoms with Gasteiger partial charge in [0.15, 0.2) is 0 Å². The van der Waals surface area contributed by atoms with Gasteiger partial charge in [-0.1, -0.05) is 44.2 Å². The Labute approximate surface area is 137 Å². The van der Waals surface area contributed by atoms with E-state index in [1.165, 1.54) is 58.4 Å². The van der Waals surface area contributed by atoms with Crippen molar-refractivity contribution >= 4 is 0 Å². The third-order valence-electron chi connectivity index (χ3n) is 5.13. The van der Waals surface area contributed by atoms with E-state index >= 15 is 0 Å². The summed E-state index contributed by atoms with van der Waals surface area (Å²) in [5, 5.41) is 0. The SMILES string of the molecule is CC.CN1CCC(CN2CCCC(c3ccccc3)C2)CC1. The Balaban J connectivity index is 0.000000847. The molecule has 2 fully saturated rings. The molecule has 1 aromatic rings. The molecule has 22 heavy (non-hydrogen) atoms. The minimum atomic E-state index is 0.760. The van der Waals surface area contributed by atoms with E-state index in [0.717, 1.165) is 11.8 Å². The summed E-state index contributed by atoms with van der Waals surface area (Å²) in [5.74, 6) is 1.69. The Bertz CT molecular complexity index is 395. The molecule has 2 nitrogen and oxygen atoms in total.